The third-order valence-electron chi connectivity index (χ3n) is 3.77. The quantitative estimate of drug-likeness (QED) is 0.819. The van der Waals surface area contributed by atoms with Crippen LogP contribution in [-0.2, 0) is 4.79 Å². The van der Waals surface area contributed by atoms with Crippen molar-refractivity contribution in [1.29, 1.82) is 0 Å². The van der Waals surface area contributed by atoms with Gasteiger partial charge in [-0.25, -0.2) is 0 Å². The number of nitrogens with one attached hydrogen (secondary N) is 1. The molecule has 1 fully saturated rings. The number of carbonyl (C=O) groups is 1. The fourth-order valence-corrected chi connectivity index (χ4v) is 3.46. The topological polar surface area (TPSA) is 55.1 Å². The maximum atomic E-state index is 12.2. The van der Waals surface area contributed by atoms with Crippen LogP contribution in [0.1, 0.15) is 51.1 Å². The standard InChI is InChI=1S/C16H24N2OS/c1-11(17)13-6-5-9-15(10-13)20-12(2)16(19)18-14-7-3-4-8-14/h5-6,9-12,14H,3-4,7-8,17H2,1-2H3,(H,18,19). The molecule has 0 radical (unpaired) electrons. The molecule has 110 valence electrons. The summed E-state index contributed by atoms with van der Waals surface area (Å²) in [6, 6.07) is 8.56. The second-order valence-corrected chi connectivity index (χ2v) is 7.03. The first-order valence-corrected chi connectivity index (χ1v) is 8.27. The van der Waals surface area contributed by atoms with Crippen molar-refractivity contribution in [3.8, 4) is 0 Å². The molecule has 1 aromatic rings. The first kappa shape index (κ1) is 15.4. The molecule has 3 N–H and O–H groups in total. The van der Waals surface area contributed by atoms with E-state index in [0.29, 0.717) is 6.04 Å². The Balaban J connectivity index is 1.91. The molecule has 0 saturated heterocycles. The van der Waals surface area contributed by atoms with Crippen LogP contribution in [0.25, 0.3) is 0 Å². The van der Waals surface area contributed by atoms with Crippen LogP contribution in [0.2, 0.25) is 0 Å². The van der Waals surface area contributed by atoms with E-state index in [4.69, 9.17) is 5.73 Å². The molecule has 2 rings (SSSR count). The van der Waals surface area contributed by atoms with Crippen LogP contribution in [0, 0.1) is 0 Å². The highest BCUT2D eigenvalue weighted by Gasteiger charge is 2.21. The predicted molar refractivity (Wildman–Crippen MR) is 84.8 cm³/mol. The van der Waals surface area contributed by atoms with E-state index >= 15 is 0 Å². The highest BCUT2D eigenvalue weighted by molar-refractivity contribution is 8.00. The molecule has 1 aromatic carbocycles. The summed E-state index contributed by atoms with van der Waals surface area (Å²) >= 11 is 1.60. The summed E-state index contributed by atoms with van der Waals surface area (Å²) in [7, 11) is 0. The van der Waals surface area contributed by atoms with Crippen LogP contribution in [0.3, 0.4) is 0 Å². The molecule has 1 aliphatic rings. The zero-order valence-electron chi connectivity index (χ0n) is 12.3. The van der Waals surface area contributed by atoms with Crippen LogP contribution in [0.15, 0.2) is 29.2 Å². The number of hydrogen-bond acceptors (Lipinski definition) is 3. The molecule has 3 nitrogen and oxygen atoms in total. The highest BCUT2D eigenvalue weighted by atomic mass is 32.2. The van der Waals surface area contributed by atoms with Gasteiger partial charge in [-0.2, -0.15) is 0 Å². The first-order valence-electron chi connectivity index (χ1n) is 7.39. The van der Waals surface area contributed by atoms with Crippen LogP contribution in [0.4, 0.5) is 0 Å². The van der Waals surface area contributed by atoms with Crippen molar-refractivity contribution in [2.24, 2.45) is 5.73 Å². The Morgan fingerprint density at radius 1 is 1.35 bits per heavy atom. The Morgan fingerprint density at radius 3 is 2.70 bits per heavy atom. The number of hydrogen-bond donors (Lipinski definition) is 2. The second-order valence-electron chi connectivity index (χ2n) is 5.61. The van der Waals surface area contributed by atoms with Gasteiger partial charge in [0.05, 0.1) is 5.25 Å². The largest absolute Gasteiger partial charge is 0.352 e. The average molecular weight is 292 g/mol. The SMILES string of the molecule is CC(Sc1cccc(C(C)N)c1)C(=O)NC1CCCC1. The summed E-state index contributed by atoms with van der Waals surface area (Å²) < 4.78 is 0. The number of carbonyl (C=O) groups excluding carboxylic acids is 1. The minimum Gasteiger partial charge on any atom is -0.352 e. The Hall–Kier alpha value is -1.00. The maximum absolute atomic E-state index is 12.2. The molecule has 0 heterocycles. The van der Waals surface area contributed by atoms with Gasteiger partial charge in [0.25, 0.3) is 0 Å². The van der Waals surface area contributed by atoms with Crippen LogP contribution >= 0.6 is 11.8 Å². The maximum Gasteiger partial charge on any atom is 0.233 e. The smallest absolute Gasteiger partial charge is 0.233 e. The molecular weight excluding hydrogens is 268 g/mol. The van der Waals surface area contributed by atoms with Gasteiger partial charge in [-0.3, -0.25) is 4.79 Å². The molecule has 4 heteroatoms. The lowest BCUT2D eigenvalue weighted by Gasteiger charge is -2.17. The van der Waals surface area contributed by atoms with Crippen molar-refractivity contribution in [2.45, 2.75) is 61.8 Å². The van der Waals surface area contributed by atoms with Gasteiger partial charge in [-0.15, -0.1) is 11.8 Å². The van der Waals surface area contributed by atoms with Crippen molar-refractivity contribution in [3.05, 3.63) is 29.8 Å². The summed E-state index contributed by atoms with van der Waals surface area (Å²) in [5.74, 6) is 0.146. The molecule has 1 saturated carbocycles. The van der Waals surface area contributed by atoms with Gasteiger partial charge in [-0.1, -0.05) is 25.0 Å². The van der Waals surface area contributed by atoms with Crippen LogP contribution in [-0.4, -0.2) is 17.2 Å². The number of rotatable bonds is 5. The molecule has 2 unspecified atom stereocenters. The van der Waals surface area contributed by atoms with E-state index in [-0.39, 0.29) is 17.2 Å². The zero-order valence-corrected chi connectivity index (χ0v) is 13.1. The number of amides is 1. The summed E-state index contributed by atoms with van der Waals surface area (Å²) in [5, 5.41) is 3.08. The first-order chi connectivity index (χ1) is 9.56. The summed E-state index contributed by atoms with van der Waals surface area (Å²) in [6.45, 7) is 3.94. The summed E-state index contributed by atoms with van der Waals surface area (Å²) in [5.41, 5.74) is 7.00. The van der Waals surface area contributed by atoms with E-state index in [1.54, 1.807) is 11.8 Å². The Morgan fingerprint density at radius 2 is 2.05 bits per heavy atom. The third kappa shape index (κ3) is 4.25. The Labute approximate surface area is 125 Å². The van der Waals surface area contributed by atoms with Crippen molar-refractivity contribution >= 4 is 17.7 Å². The van der Waals surface area contributed by atoms with E-state index in [2.05, 4.69) is 11.4 Å². The van der Waals surface area contributed by atoms with Gasteiger partial charge >= 0.3 is 0 Å². The molecular formula is C16H24N2OS. The molecule has 2 atom stereocenters. The molecule has 0 bridgehead atoms. The van der Waals surface area contributed by atoms with E-state index in [9.17, 15) is 4.79 Å². The molecule has 1 aliphatic carbocycles. The summed E-state index contributed by atoms with van der Waals surface area (Å²) in [6.07, 6.45) is 4.73. The predicted octanol–water partition coefficient (Wildman–Crippen LogP) is 3.25. The van der Waals surface area contributed by atoms with Crippen molar-refractivity contribution in [3.63, 3.8) is 0 Å². The van der Waals surface area contributed by atoms with E-state index < -0.39 is 0 Å². The third-order valence-corrected chi connectivity index (χ3v) is 4.86. The second kappa shape index (κ2) is 7.14. The number of nitrogens with two attached hydrogens (primary N) is 1. The fourth-order valence-electron chi connectivity index (χ4n) is 2.52. The lowest BCUT2D eigenvalue weighted by Crippen LogP contribution is -2.37. The van der Waals surface area contributed by atoms with Gasteiger partial charge in [0.2, 0.25) is 5.91 Å². The van der Waals surface area contributed by atoms with Gasteiger partial charge in [-0.05, 0) is 44.4 Å². The summed E-state index contributed by atoms with van der Waals surface area (Å²) in [4.78, 5) is 13.3. The Bertz CT molecular complexity index is 456. The van der Waals surface area contributed by atoms with E-state index in [0.717, 1.165) is 23.3 Å². The van der Waals surface area contributed by atoms with Crippen molar-refractivity contribution < 1.29 is 4.79 Å². The zero-order chi connectivity index (χ0) is 14.5. The monoisotopic (exact) mass is 292 g/mol. The minimum absolute atomic E-state index is 0.0261. The number of benzene rings is 1. The van der Waals surface area contributed by atoms with Gasteiger partial charge in [0.15, 0.2) is 0 Å². The molecule has 0 aromatic heterocycles. The molecule has 20 heavy (non-hydrogen) atoms. The number of thioether (sulfide) groups is 1. The van der Waals surface area contributed by atoms with Gasteiger partial charge in [0.1, 0.15) is 0 Å². The minimum atomic E-state index is -0.0704. The average Bonchev–Trinajstić information content (AvgIpc) is 2.91. The normalized spacial score (nSPS) is 18.8. The fraction of sp³-hybridized carbons (Fsp3) is 0.562. The van der Waals surface area contributed by atoms with Crippen molar-refractivity contribution in [1.82, 2.24) is 5.32 Å². The molecule has 0 spiro atoms. The van der Waals surface area contributed by atoms with Crippen molar-refractivity contribution in [2.75, 3.05) is 0 Å². The Kier molecular flexibility index (Phi) is 5.49. The highest BCUT2D eigenvalue weighted by Crippen LogP contribution is 2.26. The lowest BCUT2D eigenvalue weighted by molar-refractivity contribution is -0.120. The van der Waals surface area contributed by atoms with Crippen LogP contribution < -0.4 is 11.1 Å². The molecule has 1 amide bonds. The van der Waals surface area contributed by atoms with Crippen LogP contribution in [0.5, 0.6) is 0 Å². The van der Waals surface area contributed by atoms with E-state index in [1.165, 1.54) is 12.8 Å². The van der Waals surface area contributed by atoms with E-state index in [1.807, 2.05) is 32.0 Å². The van der Waals surface area contributed by atoms with Gasteiger partial charge < -0.3 is 11.1 Å². The van der Waals surface area contributed by atoms with Gasteiger partial charge in [0, 0.05) is 17.0 Å². The lowest BCUT2D eigenvalue weighted by atomic mass is 10.1. The molecule has 0 aliphatic heterocycles.